The molecule has 1 aromatic carbocycles. The first-order valence-electron chi connectivity index (χ1n) is 6.51. The second-order valence-electron chi connectivity index (χ2n) is 4.76. The summed E-state index contributed by atoms with van der Waals surface area (Å²) in [6, 6.07) is 4.49. The summed E-state index contributed by atoms with van der Waals surface area (Å²) in [7, 11) is 1.56. The third kappa shape index (κ3) is 2.55. The number of hydrogen-bond donors (Lipinski definition) is 1. The summed E-state index contributed by atoms with van der Waals surface area (Å²) in [6.45, 7) is 0.342. The minimum Gasteiger partial charge on any atom is -0.495 e. The first-order valence-corrected chi connectivity index (χ1v) is 6.88. The molecule has 1 unspecified atom stereocenters. The summed E-state index contributed by atoms with van der Waals surface area (Å²) in [5.41, 5.74) is 6.55. The Morgan fingerprint density at radius 3 is 3.00 bits per heavy atom. The van der Waals surface area contributed by atoms with E-state index in [9.17, 15) is 4.39 Å². The zero-order valence-electron chi connectivity index (χ0n) is 11.7. The Balaban J connectivity index is 1.87. The molecule has 1 atom stereocenters. The minimum atomic E-state index is -0.601. The van der Waals surface area contributed by atoms with Crippen molar-refractivity contribution < 1.29 is 9.13 Å². The number of aromatic nitrogens is 1. The number of nitrogen functional groups attached to an aromatic ring is 1. The van der Waals surface area contributed by atoms with Crippen LogP contribution in [-0.2, 0) is 0 Å². The highest BCUT2D eigenvalue weighted by molar-refractivity contribution is 6.33. The second kappa shape index (κ2) is 5.76. The summed E-state index contributed by atoms with van der Waals surface area (Å²) >= 11 is 6.05. The van der Waals surface area contributed by atoms with Crippen LogP contribution in [0.25, 0.3) is 0 Å². The van der Waals surface area contributed by atoms with Gasteiger partial charge in [-0.2, -0.15) is 5.11 Å². The molecule has 0 saturated carbocycles. The van der Waals surface area contributed by atoms with Crippen LogP contribution in [0, 0.1) is 5.82 Å². The predicted octanol–water partition coefficient (Wildman–Crippen LogP) is 3.39. The first kappa shape index (κ1) is 14.5. The molecule has 0 fully saturated rings. The molecule has 0 spiro atoms. The van der Waals surface area contributed by atoms with E-state index in [1.165, 1.54) is 17.1 Å². The van der Waals surface area contributed by atoms with Gasteiger partial charge in [0.15, 0.2) is 5.82 Å². The third-order valence-corrected chi connectivity index (χ3v) is 3.66. The molecule has 1 aliphatic heterocycles. The Kier molecular flexibility index (Phi) is 3.81. The third-order valence-electron chi connectivity index (χ3n) is 3.35. The van der Waals surface area contributed by atoms with Gasteiger partial charge >= 0.3 is 0 Å². The molecular weight excluding hydrogens is 309 g/mol. The molecule has 3 rings (SSSR count). The van der Waals surface area contributed by atoms with Gasteiger partial charge in [0, 0.05) is 11.8 Å². The largest absolute Gasteiger partial charge is 0.495 e. The normalized spacial score (nSPS) is 17.0. The molecule has 22 heavy (non-hydrogen) atoms. The van der Waals surface area contributed by atoms with E-state index in [0.29, 0.717) is 12.3 Å². The standard InChI is InChI=1S/C14H13ClFN5O/c1-22-9-4-8(5-18-6-9)12-7-21(20-19-12)14-10(15)2-3-11(17)13(14)16/h2-6,12H,7,17H2,1H3. The number of anilines is 2. The Morgan fingerprint density at radius 1 is 1.41 bits per heavy atom. The van der Waals surface area contributed by atoms with Gasteiger partial charge in [0.05, 0.1) is 30.6 Å². The maximum atomic E-state index is 14.2. The highest BCUT2D eigenvalue weighted by Crippen LogP contribution is 2.37. The summed E-state index contributed by atoms with van der Waals surface area (Å²) < 4.78 is 19.3. The van der Waals surface area contributed by atoms with Crippen molar-refractivity contribution in [1.82, 2.24) is 4.98 Å². The number of rotatable bonds is 3. The average molecular weight is 322 g/mol. The molecule has 114 valence electrons. The number of nitrogens with two attached hydrogens (primary N) is 1. The number of pyridine rings is 1. The van der Waals surface area contributed by atoms with Gasteiger partial charge in [-0.1, -0.05) is 16.8 Å². The highest BCUT2D eigenvalue weighted by atomic mass is 35.5. The van der Waals surface area contributed by atoms with Crippen LogP contribution in [0.1, 0.15) is 11.6 Å². The Hall–Kier alpha value is -2.41. The van der Waals surface area contributed by atoms with Crippen LogP contribution >= 0.6 is 11.6 Å². The molecule has 0 radical (unpaired) electrons. The topological polar surface area (TPSA) is 76.1 Å². The molecule has 0 aliphatic carbocycles. The molecule has 8 heteroatoms. The summed E-state index contributed by atoms with van der Waals surface area (Å²) in [5, 5.41) is 9.76. The maximum Gasteiger partial charge on any atom is 0.172 e. The fourth-order valence-electron chi connectivity index (χ4n) is 2.19. The van der Waals surface area contributed by atoms with Gasteiger partial charge in [-0.25, -0.2) is 9.40 Å². The van der Waals surface area contributed by atoms with Crippen molar-refractivity contribution in [1.29, 1.82) is 0 Å². The summed E-state index contributed by atoms with van der Waals surface area (Å²) in [4.78, 5) is 4.08. The average Bonchev–Trinajstić information content (AvgIpc) is 3.01. The second-order valence-corrected chi connectivity index (χ2v) is 5.17. The van der Waals surface area contributed by atoms with Gasteiger partial charge in [0.25, 0.3) is 0 Å². The lowest BCUT2D eigenvalue weighted by atomic mass is 10.1. The zero-order valence-corrected chi connectivity index (χ0v) is 12.5. The van der Waals surface area contributed by atoms with Crippen LogP contribution in [0.5, 0.6) is 5.75 Å². The molecule has 2 aromatic rings. The number of hydrogen-bond acceptors (Lipinski definition) is 6. The van der Waals surface area contributed by atoms with Gasteiger partial charge in [-0.05, 0) is 18.2 Å². The lowest BCUT2D eigenvalue weighted by Crippen LogP contribution is -2.18. The Bertz CT molecular complexity index is 739. The number of benzene rings is 1. The number of halogens is 2. The van der Waals surface area contributed by atoms with E-state index >= 15 is 0 Å². The molecule has 6 nitrogen and oxygen atoms in total. The molecule has 2 heterocycles. The molecular formula is C14H13ClFN5O. The van der Waals surface area contributed by atoms with E-state index in [1.807, 2.05) is 6.07 Å². The van der Waals surface area contributed by atoms with Crippen molar-refractivity contribution >= 4 is 23.0 Å². The molecule has 0 amide bonds. The van der Waals surface area contributed by atoms with E-state index < -0.39 is 5.82 Å². The first-order chi connectivity index (χ1) is 10.6. The van der Waals surface area contributed by atoms with Gasteiger partial charge in [-0.3, -0.25) is 4.98 Å². The van der Waals surface area contributed by atoms with E-state index in [2.05, 4.69) is 15.3 Å². The molecule has 0 saturated heterocycles. The van der Waals surface area contributed by atoms with Crippen molar-refractivity contribution in [2.24, 2.45) is 10.3 Å². The van der Waals surface area contributed by atoms with Crippen molar-refractivity contribution in [2.45, 2.75) is 6.04 Å². The Morgan fingerprint density at radius 2 is 2.23 bits per heavy atom. The minimum absolute atomic E-state index is 0.0149. The Labute approximate surface area is 131 Å². The number of ether oxygens (including phenoxy) is 1. The van der Waals surface area contributed by atoms with Crippen molar-refractivity contribution in [2.75, 3.05) is 24.4 Å². The number of nitrogens with zero attached hydrogens (tertiary/aromatic N) is 4. The van der Waals surface area contributed by atoms with Crippen molar-refractivity contribution in [3.8, 4) is 5.75 Å². The van der Waals surface area contributed by atoms with Gasteiger partial charge in [0.1, 0.15) is 17.5 Å². The maximum absolute atomic E-state index is 14.2. The summed E-state index contributed by atoms with van der Waals surface area (Å²) in [6.07, 6.45) is 3.27. The SMILES string of the molecule is COc1cncc(C2CN(c3c(Cl)ccc(N)c3F)N=N2)c1. The fourth-order valence-corrected chi connectivity index (χ4v) is 2.44. The van der Waals surface area contributed by atoms with E-state index in [-0.39, 0.29) is 22.4 Å². The van der Waals surface area contributed by atoms with Crippen LogP contribution in [0.4, 0.5) is 15.8 Å². The molecule has 0 bridgehead atoms. The van der Waals surface area contributed by atoms with Crippen LogP contribution in [0.3, 0.4) is 0 Å². The lowest BCUT2D eigenvalue weighted by Gasteiger charge is -2.17. The highest BCUT2D eigenvalue weighted by Gasteiger charge is 2.27. The quantitative estimate of drug-likeness (QED) is 0.879. The predicted molar refractivity (Wildman–Crippen MR) is 81.6 cm³/mol. The number of methoxy groups -OCH3 is 1. The zero-order chi connectivity index (χ0) is 15.7. The van der Waals surface area contributed by atoms with Gasteiger partial charge < -0.3 is 10.5 Å². The van der Waals surface area contributed by atoms with Gasteiger partial charge in [-0.15, -0.1) is 0 Å². The molecule has 2 N–H and O–H groups in total. The van der Waals surface area contributed by atoms with Crippen molar-refractivity contribution in [3.05, 3.63) is 47.0 Å². The molecule has 1 aliphatic rings. The van der Waals surface area contributed by atoms with E-state index in [0.717, 1.165) is 5.56 Å². The van der Waals surface area contributed by atoms with E-state index in [4.69, 9.17) is 22.1 Å². The van der Waals surface area contributed by atoms with Crippen molar-refractivity contribution in [3.63, 3.8) is 0 Å². The summed E-state index contributed by atoms with van der Waals surface area (Å²) in [5.74, 6) is 0.0233. The van der Waals surface area contributed by atoms with Crippen LogP contribution in [-0.4, -0.2) is 18.6 Å². The van der Waals surface area contributed by atoms with Gasteiger partial charge in [0.2, 0.25) is 0 Å². The fraction of sp³-hybridized carbons (Fsp3) is 0.214. The van der Waals surface area contributed by atoms with E-state index in [1.54, 1.807) is 19.5 Å². The van der Waals surface area contributed by atoms with Crippen LogP contribution in [0.2, 0.25) is 5.02 Å². The smallest absolute Gasteiger partial charge is 0.172 e. The molecule has 1 aromatic heterocycles. The lowest BCUT2D eigenvalue weighted by molar-refractivity contribution is 0.412. The van der Waals surface area contributed by atoms with Crippen LogP contribution < -0.4 is 15.5 Å². The van der Waals surface area contributed by atoms with Crippen LogP contribution in [0.15, 0.2) is 40.9 Å². The monoisotopic (exact) mass is 321 g/mol.